The second-order valence-electron chi connectivity index (χ2n) is 6.18. The summed E-state index contributed by atoms with van der Waals surface area (Å²) in [6, 6.07) is 10.6. The summed E-state index contributed by atoms with van der Waals surface area (Å²) in [5, 5.41) is 6.98. The molecule has 3 rings (SSSR count). The minimum absolute atomic E-state index is 0.746. The minimum atomic E-state index is 0.746. The molecule has 1 aromatic heterocycles. The zero-order chi connectivity index (χ0) is 17.6. The Morgan fingerprint density at radius 1 is 1.24 bits per heavy atom. The molecule has 0 saturated carbocycles. The molecule has 1 aromatic carbocycles. The molecule has 0 atom stereocenters. The third-order valence-electron chi connectivity index (χ3n) is 4.41. The van der Waals surface area contributed by atoms with Crippen molar-refractivity contribution in [1.29, 1.82) is 0 Å². The van der Waals surface area contributed by atoms with E-state index in [0.29, 0.717) is 0 Å². The Balaban J connectivity index is 1.56. The lowest BCUT2D eigenvalue weighted by atomic mass is 10.1. The molecule has 2 aromatic rings. The summed E-state index contributed by atoms with van der Waals surface area (Å²) >= 11 is 1.81. The molecule has 2 heterocycles. The second kappa shape index (κ2) is 8.25. The summed E-state index contributed by atoms with van der Waals surface area (Å²) in [5.74, 6) is 1.86. The molecular weight excluding hydrogens is 332 g/mol. The predicted molar refractivity (Wildman–Crippen MR) is 106 cm³/mol. The Morgan fingerprint density at radius 2 is 2.04 bits per heavy atom. The van der Waals surface area contributed by atoms with Crippen LogP contribution in [0, 0.1) is 6.92 Å². The molecule has 0 aliphatic carbocycles. The maximum atomic E-state index is 5.36. The molecule has 0 amide bonds. The highest BCUT2D eigenvalue weighted by atomic mass is 32.1. The van der Waals surface area contributed by atoms with Crippen molar-refractivity contribution in [3.63, 3.8) is 0 Å². The van der Waals surface area contributed by atoms with Gasteiger partial charge in [0.2, 0.25) is 0 Å². The first-order valence-corrected chi connectivity index (χ1v) is 9.46. The van der Waals surface area contributed by atoms with Crippen LogP contribution in [0.3, 0.4) is 0 Å². The quantitative estimate of drug-likeness (QED) is 0.674. The predicted octanol–water partition coefficient (Wildman–Crippen LogP) is 2.96. The van der Waals surface area contributed by atoms with Crippen LogP contribution in [0.2, 0.25) is 0 Å². The first-order chi connectivity index (χ1) is 12.2. The lowest BCUT2D eigenvalue weighted by Crippen LogP contribution is -2.52. The van der Waals surface area contributed by atoms with Crippen molar-refractivity contribution in [2.45, 2.75) is 13.5 Å². The molecule has 134 valence electrons. The van der Waals surface area contributed by atoms with Crippen molar-refractivity contribution in [3.8, 4) is 5.75 Å². The summed E-state index contributed by atoms with van der Waals surface area (Å²) in [6.45, 7) is 6.85. The van der Waals surface area contributed by atoms with Gasteiger partial charge in [0.1, 0.15) is 5.75 Å². The molecule has 1 aliphatic heterocycles. The molecule has 1 N–H and O–H groups in total. The van der Waals surface area contributed by atoms with Gasteiger partial charge < -0.3 is 19.9 Å². The van der Waals surface area contributed by atoms with Crippen molar-refractivity contribution >= 4 is 22.3 Å². The van der Waals surface area contributed by atoms with Crippen LogP contribution in [0.1, 0.15) is 11.1 Å². The van der Waals surface area contributed by atoms with E-state index in [1.807, 2.05) is 13.1 Å². The number of rotatable bonds is 4. The van der Waals surface area contributed by atoms with Crippen LogP contribution in [0.4, 0.5) is 5.00 Å². The monoisotopic (exact) mass is 358 g/mol. The molecule has 5 nitrogen and oxygen atoms in total. The summed E-state index contributed by atoms with van der Waals surface area (Å²) in [7, 11) is 3.56. The van der Waals surface area contributed by atoms with E-state index in [1.54, 1.807) is 18.4 Å². The molecule has 0 bridgehead atoms. The van der Waals surface area contributed by atoms with Gasteiger partial charge in [-0.15, -0.1) is 11.3 Å². The van der Waals surface area contributed by atoms with Gasteiger partial charge >= 0.3 is 0 Å². The largest absolute Gasteiger partial charge is 0.497 e. The van der Waals surface area contributed by atoms with Crippen LogP contribution >= 0.6 is 11.3 Å². The van der Waals surface area contributed by atoms with Crippen molar-refractivity contribution in [2.75, 3.05) is 45.2 Å². The number of anilines is 1. The maximum absolute atomic E-state index is 5.36. The number of hydrogen-bond acceptors (Lipinski definition) is 4. The van der Waals surface area contributed by atoms with Gasteiger partial charge in [-0.05, 0) is 47.7 Å². The second-order valence-corrected chi connectivity index (χ2v) is 7.11. The van der Waals surface area contributed by atoms with E-state index >= 15 is 0 Å². The van der Waals surface area contributed by atoms with Crippen LogP contribution in [-0.2, 0) is 6.54 Å². The lowest BCUT2D eigenvalue weighted by Gasteiger charge is -2.37. The number of guanidine groups is 1. The highest BCUT2D eigenvalue weighted by Crippen LogP contribution is 2.22. The number of methoxy groups -OCH3 is 1. The van der Waals surface area contributed by atoms with Crippen LogP contribution < -0.4 is 15.0 Å². The first-order valence-electron chi connectivity index (χ1n) is 8.58. The standard InChI is InChI=1S/C19H26N4OS/c1-15-11-16(13-17(12-15)24-3)14-21-19(20-2)23-8-6-22(7-9-23)18-5-4-10-25-18/h4-5,10-13H,6-9,14H2,1-3H3,(H,20,21). The number of aryl methyl sites for hydroxylation is 1. The molecule has 0 spiro atoms. The Bertz CT molecular complexity index is 706. The SMILES string of the molecule is CN=C(NCc1cc(C)cc(OC)c1)N1CCN(c2cccs2)CC1. The van der Waals surface area contributed by atoms with Crippen molar-refractivity contribution < 1.29 is 4.74 Å². The third-order valence-corrected chi connectivity index (χ3v) is 5.33. The Hall–Kier alpha value is -2.21. The van der Waals surface area contributed by atoms with Crippen molar-refractivity contribution in [3.05, 3.63) is 46.8 Å². The average Bonchev–Trinajstić information content (AvgIpc) is 3.17. The fourth-order valence-electron chi connectivity index (χ4n) is 3.15. The van der Waals surface area contributed by atoms with Gasteiger partial charge in [0.05, 0.1) is 12.1 Å². The van der Waals surface area contributed by atoms with Crippen LogP contribution in [0.5, 0.6) is 5.75 Å². The molecule has 1 fully saturated rings. The van der Waals surface area contributed by atoms with Gasteiger partial charge in [-0.25, -0.2) is 0 Å². The van der Waals surface area contributed by atoms with Gasteiger partial charge in [-0.2, -0.15) is 0 Å². The Labute approximate surface area is 153 Å². The van der Waals surface area contributed by atoms with Crippen molar-refractivity contribution in [2.24, 2.45) is 4.99 Å². The fourth-order valence-corrected chi connectivity index (χ4v) is 3.93. The summed E-state index contributed by atoms with van der Waals surface area (Å²) < 4.78 is 5.36. The molecule has 1 saturated heterocycles. The Morgan fingerprint density at radius 3 is 2.68 bits per heavy atom. The van der Waals surface area contributed by atoms with E-state index in [4.69, 9.17) is 4.74 Å². The van der Waals surface area contributed by atoms with Crippen molar-refractivity contribution in [1.82, 2.24) is 10.2 Å². The highest BCUT2D eigenvalue weighted by Gasteiger charge is 2.20. The molecule has 1 aliphatic rings. The van der Waals surface area contributed by atoms with E-state index in [2.05, 4.69) is 56.7 Å². The average molecular weight is 359 g/mol. The zero-order valence-corrected chi connectivity index (χ0v) is 16.0. The van der Waals surface area contributed by atoms with E-state index in [0.717, 1.165) is 44.4 Å². The number of hydrogen-bond donors (Lipinski definition) is 1. The van der Waals surface area contributed by atoms with E-state index in [1.165, 1.54) is 16.1 Å². The van der Waals surface area contributed by atoms with Gasteiger partial charge in [-0.3, -0.25) is 4.99 Å². The van der Waals surface area contributed by atoms with E-state index in [-0.39, 0.29) is 0 Å². The number of nitrogens with one attached hydrogen (secondary N) is 1. The lowest BCUT2D eigenvalue weighted by molar-refractivity contribution is 0.373. The molecule has 0 radical (unpaired) electrons. The number of aliphatic imine (C=N–C) groups is 1. The first kappa shape index (κ1) is 17.6. The van der Waals surface area contributed by atoms with Gasteiger partial charge in [0.25, 0.3) is 0 Å². The molecular formula is C19H26N4OS. The fraction of sp³-hybridized carbons (Fsp3) is 0.421. The third kappa shape index (κ3) is 4.45. The summed E-state index contributed by atoms with van der Waals surface area (Å²) in [5.41, 5.74) is 2.41. The number of piperazine rings is 1. The van der Waals surface area contributed by atoms with Gasteiger partial charge in [0.15, 0.2) is 5.96 Å². The minimum Gasteiger partial charge on any atom is -0.497 e. The smallest absolute Gasteiger partial charge is 0.194 e. The maximum Gasteiger partial charge on any atom is 0.194 e. The van der Waals surface area contributed by atoms with Crippen LogP contribution in [0.25, 0.3) is 0 Å². The van der Waals surface area contributed by atoms with Gasteiger partial charge in [-0.1, -0.05) is 6.07 Å². The number of thiophene rings is 1. The summed E-state index contributed by atoms with van der Waals surface area (Å²) in [4.78, 5) is 9.24. The normalized spacial score (nSPS) is 15.4. The number of benzene rings is 1. The molecule has 0 unspecified atom stereocenters. The van der Waals surface area contributed by atoms with Crippen LogP contribution in [0.15, 0.2) is 40.7 Å². The molecule has 6 heteroatoms. The highest BCUT2D eigenvalue weighted by molar-refractivity contribution is 7.14. The summed E-state index contributed by atoms with van der Waals surface area (Å²) in [6.07, 6.45) is 0. The van der Waals surface area contributed by atoms with Gasteiger partial charge in [0, 0.05) is 39.8 Å². The Kier molecular flexibility index (Phi) is 5.81. The number of nitrogens with zero attached hydrogens (tertiary/aromatic N) is 3. The molecule has 25 heavy (non-hydrogen) atoms. The zero-order valence-electron chi connectivity index (χ0n) is 15.2. The topological polar surface area (TPSA) is 40.1 Å². The van der Waals surface area contributed by atoms with E-state index < -0.39 is 0 Å². The number of ether oxygens (including phenoxy) is 1. The van der Waals surface area contributed by atoms with E-state index in [9.17, 15) is 0 Å². The van der Waals surface area contributed by atoms with Crippen LogP contribution in [-0.4, -0.2) is 51.2 Å².